The SMILES string of the molecule is C=CC=Cc1ccccc1C=CC=C. The van der Waals surface area contributed by atoms with E-state index in [1.165, 1.54) is 11.1 Å². The van der Waals surface area contributed by atoms with Gasteiger partial charge < -0.3 is 0 Å². The standard InChI is InChI=1S/C14H14/c1-3-5-9-13-11-7-8-12-14(13)10-6-4-2/h3-12H,1-2H2. The smallest absolute Gasteiger partial charge is 0.0184 e. The highest BCUT2D eigenvalue weighted by Gasteiger charge is 1.91. The first-order valence-electron chi connectivity index (χ1n) is 4.55. The highest BCUT2D eigenvalue weighted by Crippen LogP contribution is 2.12. The molecule has 0 unspecified atom stereocenters. The van der Waals surface area contributed by atoms with Gasteiger partial charge in [-0.05, 0) is 11.1 Å². The summed E-state index contributed by atoms with van der Waals surface area (Å²) in [5.74, 6) is 0. The van der Waals surface area contributed by atoms with Gasteiger partial charge in [-0.15, -0.1) is 0 Å². The molecule has 14 heavy (non-hydrogen) atoms. The predicted molar refractivity (Wildman–Crippen MR) is 64.9 cm³/mol. The molecule has 1 rings (SSSR count). The Bertz CT molecular complexity index is 330. The summed E-state index contributed by atoms with van der Waals surface area (Å²) in [4.78, 5) is 0. The first-order valence-corrected chi connectivity index (χ1v) is 4.55. The van der Waals surface area contributed by atoms with Crippen LogP contribution >= 0.6 is 0 Å². The van der Waals surface area contributed by atoms with Gasteiger partial charge >= 0.3 is 0 Å². The van der Waals surface area contributed by atoms with E-state index in [1.807, 2.05) is 36.4 Å². The lowest BCUT2D eigenvalue weighted by Gasteiger charge is -1.98. The quantitative estimate of drug-likeness (QED) is 0.615. The van der Waals surface area contributed by atoms with Crippen molar-refractivity contribution in [3.63, 3.8) is 0 Å². The largest absolute Gasteiger partial charge is 0.0991 e. The van der Waals surface area contributed by atoms with Crippen molar-refractivity contribution in [1.29, 1.82) is 0 Å². The molecule has 1 aromatic carbocycles. The minimum atomic E-state index is 1.19. The highest BCUT2D eigenvalue weighted by molar-refractivity contribution is 5.66. The van der Waals surface area contributed by atoms with Crippen LogP contribution in [0.4, 0.5) is 0 Å². The summed E-state index contributed by atoms with van der Waals surface area (Å²) in [7, 11) is 0. The molecule has 0 heteroatoms. The number of hydrogen-bond acceptors (Lipinski definition) is 0. The van der Waals surface area contributed by atoms with E-state index < -0.39 is 0 Å². The Hall–Kier alpha value is -1.82. The third-order valence-electron chi connectivity index (χ3n) is 1.82. The van der Waals surface area contributed by atoms with E-state index in [2.05, 4.69) is 25.3 Å². The number of benzene rings is 1. The van der Waals surface area contributed by atoms with Gasteiger partial charge in [-0.1, -0.05) is 73.9 Å². The van der Waals surface area contributed by atoms with Gasteiger partial charge in [-0.2, -0.15) is 0 Å². The van der Waals surface area contributed by atoms with Crippen LogP contribution < -0.4 is 0 Å². The molecule has 0 aliphatic rings. The Balaban J connectivity index is 3.02. The predicted octanol–water partition coefficient (Wildman–Crippen LogP) is 4.09. The van der Waals surface area contributed by atoms with Crippen molar-refractivity contribution in [2.24, 2.45) is 0 Å². The second-order valence-electron chi connectivity index (χ2n) is 2.82. The lowest BCUT2D eigenvalue weighted by atomic mass is 10.1. The van der Waals surface area contributed by atoms with Crippen LogP contribution in [0.2, 0.25) is 0 Å². The fourth-order valence-corrected chi connectivity index (χ4v) is 1.16. The van der Waals surface area contributed by atoms with Gasteiger partial charge in [0, 0.05) is 0 Å². The molecule has 0 nitrogen and oxygen atoms in total. The molecule has 0 aliphatic carbocycles. The van der Waals surface area contributed by atoms with E-state index in [4.69, 9.17) is 0 Å². The van der Waals surface area contributed by atoms with Crippen molar-refractivity contribution < 1.29 is 0 Å². The van der Waals surface area contributed by atoms with Crippen LogP contribution in [0.3, 0.4) is 0 Å². The average Bonchev–Trinajstić information content (AvgIpc) is 2.24. The third kappa shape index (κ3) is 2.91. The molecule has 0 aliphatic heterocycles. The molecule has 0 fully saturated rings. The lowest BCUT2D eigenvalue weighted by Crippen LogP contribution is -1.78. The molecular formula is C14H14. The van der Waals surface area contributed by atoms with Gasteiger partial charge in [0.1, 0.15) is 0 Å². The summed E-state index contributed by atoms with van der Waals surface area (Å²) in [5, 5.41) is 0. The van der Waals surface area contributed by atoms with Crippen molar-refractivity contribution in [3.05, 3.63) is 72.9 Å². The van der Waals surface area contributed by atoms with Crippen LogP contribution in [0, 0.1) is 0 Å². The number of rotatable bonds is 4. The molecule has 0 radical (unpaired) electrons. The van der Waals surface area contributed by atoms with Gasteiger partial charge in [0.15, 0.2) is 0 Å². The van der Waals surface area contributed by atoms with E-state index in [0.717, 1.165) is 0 Å². The summed E-state index contributed by atoms with van der Waals surface area (Å²) in [6.45, 7) is 7.29. The molecule has 0 atom stereocenters. The van der Waals surface area contributed by atoms with Gasteiger partial charge in [0.05, 0.1) is 0 Å². The van der Waals surface area contributed by atoms with Crippen LogP contribution in [-0.2, 0) is 0 Å². The number of allylic oxidation sites excluding steroid dienone is 4. The second kappa shape index (κ2) is 5.76. The summed E-state index contributed by atoms with van der Waals surface area (Å²) < 4.78 is 0. The number of hydrogen-bond donors (Lipinski definition) is 0. The van der Waals surface area contributed by atoms with Crippen molar-refractivity contribution in [2.75, 3.05) is 0 Å². The molecule has 70 valence electrons. The summed E-state index contributed by atoms with van der Waals surface area (Å²) in [6.07, 6.45) is 11.5. The van der Waals surface area contributed by atoms with Crippen LogP contribution in [-0.4, -0.2) is 0 Å². The minimum Gasteiger partial charge on any atom is -0.0991 e. The Morgan fingerprint density at radius 2 is 1.21 bits per heavy atom. The Morgan fingerprint density at radius 3 is 1.57 bits per heavy atom. The Kier molecular flexibility index (Phi) is 4.22. The van der Waals surface area contributed by atoms with Gasteiger partial charge in [0.2, 0.25) is 0 Å². The monoisotopic (exact) mass is 182 g/mol. The summed E-state index contributed by atoms with van der Waals surface area (Å²) >= 11 is 0. The van der Waals surface area contributed by atoms with Crippen molar-refractivity contribution >= 4 is 12.2 Å². The molecule has 1 aromatic rings. The summed E-state index contributed by atoms with van der Waals surface area (Å²) in [6, 6.07) is 8.19. The van der Waals surface area contributed by atoms with E-state index in [-0.39, 0.29) is 0 Å². The molecule has 0 spiro atoms. The van der Waals surface area contributed by atoms with Crippen molar-refractivity contribution in [3.8, 4) is 0 Å². The zero-order valence-corrected chi connectivity index (χ0v) is 8.19. The maximum absolute atomic E-state index is 3.65. The Morgan fingerprint density at radius 1 is 0.786 bits per heavy atom. The highest BCUT2D eigenvalue weighted by atomic mass is 14.0. The zero-order chi connectivity index (χ0) is 10.2. The first kappa shape index (κ1) is 10.3. The van der Waals surface area contributed by atoms with Crippen LogP contribution in [0.15, 0.2) is 61.7 Å². The van der Waals surface area contributed by atoms with E-state index in [0.29, 0.717) is 0 Å². The normalized spacial score (nSPS) is 10.9. The fourth-order valence-electron chi connectivity index (χ4n) is 1.16. The molecule has 0 aromatic heterocycles. The first-order chi connectivity index (χ1) is 6.88. The Labute approximate surface area is 85.6 Å². The van der Waals surface area contributed by atoms with Crippen LogP contribution in [0.25, 0.3) is 12.2 Å². The lowest BCUT2D eigenvalue weighted by molar-refractivity contribution is 1.61. The van der Waals surface area contributed by atoms with Gasteiger partial charge in [-0.3, -0.25) is 0 Å². The molecular weight excluding hydrogens is 168 g/mol. The van der Waals surface area contributed by atoms with Crippen molar-refractivity contribution in [1.82, 2.24) is 0 Å². The maximum Gasteiger partial charge on any atom is -0.0184 e. The fraction of sp³-hybridized carbons (Fsp3) is 0. The van der Waals surface area contributed by atoms with Gasteiger partial charge in [0.25, 0.3) is 0 Å². The van der Waals surface area contributed by atoms with E-state index >= 15 is 0 Å². The second-order valence-corrected chi connectivity index (χ2v) is 2.82. The van der Waals surface area contributed by atoms with Gasteiger partial charge in [-0.25, -0.2) is 0 Å². The summed E-state index contributed by atoms with van der Waals surface area (Å²) in [5.41, 5.74) is 2.37. The maximum atomic E-state index is 3.65. The molecule has 0 amide bonds. The van der Waals surface area contributed by atoms with E-state index in [9.17, 15) is 0 Å². The molecule has 0 bridgehead atoms. The molecule has 0 heterocycles. The molecule has 0 saturated carbocycles. The average molecular weight is 182 g/mol. The van der Waals surface area contributed by atoms with Crippen LogP contribution in [0.5, 0.6) is 0 Å². The molecule has 0 N–H and O–H groups in total. The minimum absolute atomic E-state index is 1.19. The topological polar surface area (TPSA) is 0 Å². The van der Waals surface area contributed by atoms with Crippen LogP contribution in [0.1, 0.15) is 11.1 Å². The van der Waals surface area contributed by atoms with Crippen molar-refractivity contribution in [2.45, 2.75) is 0 Å². The third-order valence-corrected chi connectivity index (χ3v) is 1.82. The zero-order valence-electron chi connectivity index (χ0n) is 8.19. The van der Waals surface area contributed by atoms with E-state index in [1.54, 1.807) is 12.2 Å². The molecule has 0 saturated heterocycles.